The summed E-state index contributed by atoms with van der Waals surface area (Å²) in [4.78, 5) is 4.41. The van der Waals surface area contributed by atoms with E-state index in [4.69, 9.17) is 5.84 Å². The Hall–Kier alpha value is -0.410. The zero-order valence-corrected chi connectivity index (χ0v) is 8.65. The van der Waals surface area contributed by atoms with Gasteiger partial charge >= 0.3 is 0 Å². The van der Waals surface area contributed by atoms with Gasteiger partial charge in [-0.15, -0.1) is 0 Å². The highest BCUT2D eigenvalue weighted by Crippen LogP contribution is 1.99. The molecule has 3 nitrogen and oxygen atoms in total. The molecule has 0 aromatic rings. The highest BCUT2D eigenvalue weighted by Gasteiger charge is 2.08. The molecule has 12 heavy (non-hydrogen) atoms. The van der Waals surface area contributed by atoms with Crippen LogP contribution >= 0.6 is 0 Å². The number of unbranched alkanes of at least 4 members (excludes halogenated alkanes) is 1. The molecule has 0 aliphatic heterocycles. The van der Waals surface area contributed by atoms with Gasteiger partial charge in [-0.1, -0.05) is 13.3 Å². The summed E-state index contributed by atoms with van der Waals surface area (Å²) in [5.41, 5.74) is 1.07. The third-order valence-corrected chi connectivity index (χ3v) is 1.74. The van der Waals surface area contributed by atoms with Crippen LogP contribution in [0.25, 0.3) is 5.84 Å². The van der Waals surface area contributed by atoms with E-state index in [-0.39, 0.29) is 6.17 Å². The van der Waals surface area contributed by atoms with Crippen LogP contribution in [0.15, 0.2) is 4.99 Å². The lowest BCUT2D eigenvalue weighted by Gasteiger charge is -2.23. The van der Waals surface area contributed by atoms with Gasteiger partial charge in [0.05, 0.1) is 7.05 Å². The lowest BCUT2D eigenvalue weighted by Crippen LogP contribution is -3.06. The lowest BCUT2D eigenvalue weighted by atomic mass is 10.2. The lowest BCUT2D eigenvalue weighted by molar-refractivity contribution is -0.854. The van der Waals surface area contributed by atoms with E-state index in [2.05, 4.69) is 11.9 Å². The monoisotopic (exact) mass is 171 g/mol. The summed E-state index contributed by atoms with van der Waals surface area (Å²) in [5, 5.41) is 0.685. The average Bonchev–Trinajstić information content (AvgIpc) is 1.96. The van der Waals surface area contributed by atoms with E-state index in [1.807, 2.05) is 20.9 Å². The molecule has 0 amide bonds. The van der Waals surface area contributed by atoms with Crippen LogP contribution < -0.4 is 5.01 Å². The molecule has 0 aromatic heterocycles. The maximum atomic E-state index is 7.52. The Balaban J connectivity index is 3.96. The van der Waals surface area contributed by atoms with Gasteiger partial charge in [0, 0.05) is 12.1 Å². The van der Waals surface area contributed by atoms with Crippen LogP contribution in [-0.4, -0.2) is 18.9 Å². The summed E-state index contributed by atoms with van der Waals surface area (Å²) in [6, 6.07) is 0. The minimum absolute atomic E-state index is 0.134. The van der Waals surface area contributed by atoms with E-state index in [0.29, 0.717) is 5.01 Å². The fraction of sp³-hybridized carbons (Fsp3) is 0.889. The Labute approximate surface area is 75.6 Å². The third-order valence-electron chi connectivity index (χ3n) is 1.74. The Morgan fingerprint density at radius 3 is 2.42 bits per heavy atom. The van der Waals surface area contributed by atoms with Crippen molar-refractivity contribution in [3.05, 3.63) is 5.84 Å². The summed E-state index contributed by atoms with van der Waals surface area (Å²) in [6.45, 7) is 6.14. The zero-order valence-electron chi connectivity index (χ0n) is 8.65. The molecule has 0 aliphatic carbocycles. The van der Waals surface area contributed by atoms with E-state index in [1.54, 1.807) is 0 Å². The van der Waals surface area contributed by atoms with Gasteiger partial charge in [0.15, 0.2) is 6.17 Å². The SMILES string of the molecule is CCCCC(N=C(C)C)[NH+](C)[NH-]. The molecule has 2 unspecified atom stereocenters. The summed E-state index contributed by atoms with van der Waals surface area (Å²) >= 11 is 0. The molecular weight excluding hydrogens is 150 g/mol. The minimum atomic E-state index is 0.134. The highest BCUT2D eigenvalue weighted by atomic mass is 15.4. The molecule has 0 saturated carbocycles. The molecule has 0 saturated heterocycles. The number of nitrogens with one attached hydrogen (secondary N) is 2. The van der Waals surface area contributed by atoms with E-state index >= 15 is 0 Å². The average molecular weight is 171 g/mol. The van der Waals surface area contributed by atoms with Crippen molar-refractivity contribution < 1.29 is 5.01 Å². The fourth-order valence-corrected chi connectivity index (χ4v) is 1.09. The van der Waals surface area contributed by atoms with Gasteiger partial charge in [-0.05, 0) is 20.3 Å². The van der Waals surface area contributed by atoms with Crippen molar-refractivity contribution in [2.24, 2.45) is 4.99 Å². The summed E-state index contributed by atoms with van der Waals surface area (Å²) in [7, 11) is 1.84. The highest BCUT2D eigenvalue weighted by molar-refractivity contribution is 5.79. The van der Waals surface area contributed by atoms with Gasteiger partial charge in [0.1, 0.15) is 0 Å². The van der Waals surface area contributed by atoms with Crippen LogP contribution in [0.3, 0.4) is 0 Å². The van der Waals surface area contributed by atoms with Crippen molar-refractivity contribution in [1.29, 1.82) is 0 Å². The second-order valence-electron chi connectivity index (χ2n) is 3.42. The summed E-state index contributed by atoms with van der Waals surface area (Å²) < 4.78 is 0. The van der Waals surface area contributed by atoms with Crippen LogP contribution in [-0.2, 0) is 0 Å². The largest absolute Gasteiger partial charge is 0.468 e. The van der Waals surface area contributed by atoms with Crippen molar-refractivity contribution >= 4 is 5.71 Å². The topological polar surface area (TPSA) is 40.6 Å². The molecule has 0 aromatic carbocycles. The smallest absolute Gasteiger partial charge is 0.171 e. The van der Waals surface area contributed by atoms with Gasteiger partial charge < -0.3 is 10.9 Å². The van der Waals surface area contributed by atoms with E-state index < -0.39 is 0 Å². The second-order valence-corrected chi connectivity index (χ2v) is 3.42. The van der Waals surface area contributed by atoms with Crippen LogP contribution in [0.1, 0.15) is 40.0 Å². The number of nitrogens with zero attached hydrogens (tertiary/aromatic N) is 1. The number of hydrogen-bond donors (Lipinski definition) is 1. The molecule has 72 valence electrons. The predicted octanol–water partition coefficient (Wildman–Crippen LogP) is 1.47. The van der Waals surface area contributed by atoms with Crippen LogP contribution in [0.4, 0.5) is 0 Å². The Bertz CT molecular complexity index is 137. The van der Waals surface area contributed by atoms with Crippen molar-refractivity contribution in [2.75, 3.05) is 7.05 Å². The van der Waals surface area contributed by atoms with Gasteiger partial charge in [-0.2, -0.15) is 0 Å². The number of aliphatic imine (C=N–C) groups is 1. The molecule has 2 atom stereocenters. The number of rotatable bonds is 5. The molecule has 3 heteroatoms. The quantitative estimate of drug-likeness (QED) is 0.481. The first kappa shape index (κ1) is 11.6. The van der Waals surface area contributed by atoms with E-state index in [1.165, 1.54) is 6.42 Å². The molecule has 0 fully saturated rings. The second kappa shape index (κ2) is 6.14. The molecule has 0 bridgehead atoms. The van der Waals surface area contributed by atoms with Gasteiger partial charge in [0.25, 0.3) is 0 Å². The minimum Gasteiger partial charge on any atom is -0.468 e. The van der Waals surface area contributed by atoms with Gasteiger partial charge in [-0.3, -0.25) is 0 Å². The van der Waals surface area contributed by atoms with E-state index in [9.17, 15) is 0 Å². The first-order valence-corrected chi connectivity index (χ1v) is 4.64. The zero-order chi connectivity index (χ0) is 9.56. The first-order chi connectivity index (χ1) is 5.57. The fourth-order valence-electron chi connectivity index (χ4n) is 1.09. The number of quaternary nitrogens is 1. The van der Waals surface area contributed by atoms with Crippen molar-refractivity contribution in [3.8, 4) is 0 Å². The Morgan fingerprint density at radius 1 is 1.50 bits per heavy atom. The maximum Gasteiger partial charge on any atom is 0.171 e. The normalized spacial score (nSPS) is 15.4. The molecule has 0 spiro atoms. The first-order valence-electron chi connectivity index (χ1n) is 4.64. The van der Waals surface area contributed by atoms with Crippen LogP contribution in [0, 0.1) is 0 Å². The molecule has 0 aliphatic rings. The molecule has 0 heterocycles. The number of hydrogen-bond acceptors (Lipinski definition) is 1. The Morgan fingerprint density at radius 2 is 2.08 bits per heavy atom. The van der Waals surface area contributed by atoms with Crippen molar-refractivity contribution in [3.63, 3.8) is 0 Å². The molecule has 0 radical (unpaired) electrons. The van der Waals surface area contributed by atoms with E-state index in [0.717, 1.165) is 18.6 Å². The van der Waals surface area contributed by atoms with Crippen LogP contribution in [0.2, 0.25) is 0 Å². The van der Waals surface area contributed by atoms with Crippen molar-refractivity contribution in [2.45, 2.75) is 46.2 Å². The summed E-state index contributed by atoms with van der Waals surface area (Å²) in [5.74, 6) is 7.52. The third kappa shape index (κ3) is 5.27. The Kier molecular flexibility index (Phi) is 5.93. The standard InChI is InChI=1S/C9H21N3/c1-5-6-7-9(12(4)10)11-8(2)3/h9-10,12H,5-7H2,1-4H3. The molecule has 0 rings (SSSR count). The van der Waals surface area contributed by atoms with Crippen LogP contribution in [0.5, 0.6) is 0 Å². The molecule has 2 N–H and O–H groups in total. The predicted molar refractivity (Wildman–Crippen MR) is 53.3 cm³/mol. The molecular formula is C9H21N3. The maximum absolute atomic E-state index is 7.52. The van der Waals surface area contributed by atoms with Gasteiger partial charge in [0.2, 0.25) is 0 Å². The van der Waals surface area contributed by atoms with Crippen molar-refractivity contribution in [1.82, 2.24) is 0 Å². The van der Waals surface area contributed by atoms with Gasteiger partial charge in [-0.25, -0.2) is 4.99 Å². The summed E-state index contributed by atoms with van der Waals surface area (Å²) in [6.07, 6.45) is 3.51.